The van der Waals surface area contributed by atoms with Crippen LogP contribution in [0.4, 0.5) is 0 Å². The molecule has 0 aliphatic rings. The zero-order valence-corrected chi connectivity index (χ0v) is 16.8. The molecule has 1 aromatic heterocycles. The molecule has 0 aliphatic heterocycles. The van der Waals surface area contributed by atoms with Gasteiger partial charge in [0.15, 0.2) is 0 Å². The van der Waals surface area contributed by atoms with Crippen LogP contribution >= 0.6 is 0 Å². The van der Waals surface area contributed by atoms with Crippen LogP contribution in [0.3, 0.4) is 0 Å². The molecule has 29 heavy (non-hydrogen) atoms. The van der Waals surface area contributed by atoms with Gasteiger partial charge in [0, 0.05) is 30.1 Å². The number of carbonyl (C=O) groups is 1. The lowest BCUT2D eigenvalue weighted by atomic mass is 9.84. The Morgan fingerprint density at radius 2 is 1.52 bits per heavy atom. The minimum atomic E-state index is -0.237. The number of aryl methyl sites for hydroxylation is 1. The summed E-state index contributed by atoms with van der Waals surface area (Å²) in [5.41, 5.74) is 3.65. The standard InChI is InChI=1S/C26H25NO2/c1-19(26(28)29-21-13-7-4-8-14-21)17-23(20-11-5-3-6-12-20)24-18-27(2)25-16-10-9-15-22(24)25/h3-16,18-19,23H,17H2,1-2H3. The van der Waals surface area contributed by atoms with Crippen molar-refractivity contribution in [1.82, 2.24) is 4.57 Å². The summed E-state index contributed by atoms with van der Waals surface area (Å²) in [7, 11) is 2.07. The van der Waals surface area contributed by atoms with E-state index in [-0.39, 0.29) is 17.8 Å². The number of esters is 1. The van der Waals surface area contributed by atoms with Crippen LogP contribution in [0.2, 0.25) is 0 Å². The molecule has 3 aromatic carbocycles. The van der Waals surface area contributed by atoms with Gasteiger partial charge in [-0.05, 0) is 35.7 Å². The molecule has 0 bridgehead atoms. The lowest BCUT2D eigenvalue weighted by Crippen LogP contribution is -2.20. The first-order valence-corrected chi connectivity index (χ1v) is 9.99. The van der Waals surface area contributed by atoms with Gasteiger partial charge in [-0.3, -0.25) is 4.79 Å². The molecule has 0 amide bonds. The molecule has 3 heteroatoms. The van der Waals surface area contributed by atoms with Gasteiger partial charge in [0.1, 0.15) is 5.75 Å². The Labute approximate surface area is 171 Å². The van der Waals surface area contributed by atoms with Gasteiger partial charge in [-0.15, -0.1) is 0 Å². The highest BCUT2D eigenvalue weighted by molar-refractivity contribution is 5.85. The van der Waals surface area contributed by atoms with E-state index in [2.05, 4.69) is 66.3 Å². The van der Waals surface area contributed by atoms with E-state index in [0.717, 1.165) is 0 Å². The minimum absolute atomic E-state index is 0.112. The van der Waals surface area contributed by atoms with Crippen LogP contribution in [-0.2, 0) is 11.8 Å². The maximum atomic E-state index is 12.8. The van der Waals surface area contributed by atoms with Gasteiger partial charge in [-0.2, -0.15) is 0 Å². The first-order valence-electron chi connectivity index (χ1n) is 9.99. The second-order valence-electron chi connectivity index (χ2n) is 7.55. The molecular formula is C26H25NO2. The third-order valence-electron chi connectivity index (χ3n) is 5.46. The van der Waals surface area contributed by atoms with Gasteiger partial charge in [-0.25, -0.2) is 0 Å². The fourth-order valence-electron chi connectivity index (χ4n) is 3.93. The maximum Gasteiger partial charge on any atom is 0.314 e. The number of nitrogens with zero attached hydrogens (tertiary/aromatic N) is 1. The minimum Gasteiger partial charge on any atom is -0.426 e. The number of ether oxygens (including phenoxy) is 1. The summed E-state index contributed by atoms with van der Waals surface area (Å²) in [6.45, 7) is 1.95. The molecule has 1 heterocycles. The summed E-state index contributed by atoms with van der Waals surface area (Å²) in [4.78, 5) is 12.8. The van der Waals surface area contributed by atoms with Crippen molar-refractivity contribution in [2.24, 2.45) is 13.0 Å². The second-order valence-corrected chi connectivity index (χ2v) is 7.55. The van der Waals surface area contributed by atoms with Crippen LogP contribution in [0, 0.1) is 5.92 Å². The average Bonchev–Trinajstić information content (AvgIpc) is 3.09. The first kappa shape index (κ1) is 19.0. The summed E-state index contributed by atoms with van der Waals surface area (Å²) < 4.78 is 7.76. The molecule has 4 aromatic rings. The van der Waals surface area contributed by atoms with Crippen LogP contribution in [0.15, 0.2) is 91.1 Å². The Bertz CT molecular complexity index is 1100. The molecule has 0 radical (unpaired) electrons. The van der Waals surface area contributed by atoms with Crippen molar-refractivity contribution in [2.45, 2.75) is 19.3 Å². The number of benzene rings is 3. The van der Waals surface area contributed by atoms with Crippen molar-refractivity contribution in [1.29, 1.82) is 0 Å². The van der Waals surface area contributed by atoms with E-state index in [4.69, 9.17) is 4.74 Å². The fraction of sp³-hybridized carbons (Fsp3) is 0.192. The van der Waals surface area contributed by atoms with Crippen molar-refractivity contribution >= 4 is 16.9 Å². The van der Waals surface area contributed by atoms with E-state index in [0.29, 0.717) is 12.2 Å². The molecule has 2 unspecified atom stereocenters. The Morgan fingerprint density at radius 1 is 0.897 bits per heavy atom. The van der Waals surface area contributed by atoms with Crippen LogP contribution in [0.1, 0.15) is 30.4 Å². The zero-order valence-electron chi connectivity index (χ0n) is 16.8. The predicted molar refractivity (Wildman–Crippen MR) is 117 cm³/mol. The Kier molecular flexibility index (Phi) is 5.48. The van der Waals surface area contributed by atoms with Gasteiger partial charge in [0.25, 0.3) is 0 Å². The summed E-state index contributed by atoms with van der Waals surface area (Å²) in [5.74, 6) is 0.267. The van der Waals surface area contributed by atoms with E-state index in [1.54, 1.807) is 0 Å². The van der Waals surface area contributed by atoms with Gasteiger partial charge in [0.2, 0.25) is 0 Å². The quantitative estimate of drug-likeness (QED) is 0.305. The second kappa shape index (κ2) is 8.36. The van der Waals surface area contributed by atoms with Gasteiger partial charge in [0.05, 0.1) is 5.92 Å². The van der Waals surface area contributed by atoms with Crippen molar-refractivity contribution in [2.75, 3.05) is 0 Å². The number of hydrogen-bond acceptors (Lipinski definition) is 2. The molecular weight excluding hydrogens is 358 g/mol. The third-order valence-corrected chi connectivity index (χ3v) is 5.46. The fourth-order valence-corrected chi connectivity index (χ4v) is 3.93. The molecule has 0 N–H and O–H groups in total. The van der Waals surface area contributed by atoms with E-state index in [1.165, 1.54) is 22.0 Å². The number of rotatable bonds is 6. The van der Waals surface area contributed by atoms with Gasteiger partial charge in [-0.1, -0.05) is 73.7 Å². The SMILES string of the molecule is CC(CC(c1ccccc1)c1cn(C)c2ccccc12)C(=O)Oc1ccccc1. The molecule has 0 fully saturated rings. The molecule has 3 nitrogen and oxygen atoms in total. The molecule has 0 saturated carbocycles. The average molecular weight is 383 g/mol. The van der Waals surface area contributed by atoms with Crippen molar-refractivity contribution < 1.29 is 9.53 Å². The third kappa shape index (κ3) is 4.09. The number of hydrogen-bond donors (Lipinski definition) is 0. The van der Waals surface area contributed by atoms with Crippen molar-refractivity contribution in [3.63, 3.8) is 0 Å². The number of aromatic nitrogens is 1. The summed E-state index contributed by atoms with van der Waals surface area (Å²) in [5, 5.41) is 1.23. The topological polar surface area (TPSA) is 31.2 Å². The predicted octanol–water partition coefficient (Wildman–Crippen LogP) is 5.94. The summed E-state index contributed by atoms with van der Waals surface area (Å²) >= 11 is 0. The molecule has 4 rings (SSSR count). The highest BCUT2D eigenvalue weighted by Gasteiger charge is 2.25. The lowest BCUT2D eigenvalue weighted by Gasteiger charge is -2.21. The number of carbonyl (C=O) groups excluding carboxylic acids is 1. The monoisotopic (exact) mass is 383 g/mol. The largest absolute Gasteiger partial charge is 0.426 e. The Hall–Kier alpha value is -3.33. The van der Waals surface area contributed by atoms with E-state index in [1.807, 2.05) is 43.3 Å². The van der Waals surface area contributed by atoms with Crippen LogP contribution in [-0.4, -0.2) is 10.5 Å². The molecule has 0 spiro atoms. The molecule has 2 atom stereocenters. The Morgan fingerprint density at radius 3 is 2.24 bits per heavy atom. The summed E-state index contributed by atoms with van der Waals surface area (Å²) in [6.07, 6.45) is 2.88. The highest BCUT2D eigenvalue weighted by Crippen LogP contribution is 2.36. The summed E-state index contributed by atoms with van der Waals surface area (Å²) in [6, 6.07) is 28.1. The zero-order chi connectivity index (χ0) is 20.2. The Balaban J connectivity index is 1.66. The number of fused-ring (bicyclic) bond motifs is 1. The van der Waals surface area contributed by atoms with Crippen LogP contribution in [0.5, 0.6) is 5.75 Å². The first-order chi connectivity index (χ1) is 14.1. The van der Waals surface area contributed by atoms with Gasteiger partial charge < -0.3 is 9.30 Å². The molecule has 0 saturated heterocycles. The molecule has 0 aliphatic carbocycles. The van der Waals surface area contributed by atoms with E-state index in [9.17, 15) is 4.79 Å². The molecule has 146 valence electrons. The van der Waals surface area contributed by atoms with Gasteiger partial charge >= 0.3 is 5.97 Å². The number of para-hydroxylation sites is 2. The maximum absolute atomic E-state index is 12.8. The van der Waals surface area contributed by atoms with Crippen LogP contribution in [0.25, 0.3) is 10.9 Å². The van der Waals surface area contributed by atoms with Crippen molar-refractivity contribution in [3.05, 3.63) is 102 Å². The van der Waals surface area contributed by atoms with Crippen molar-refractivity contribution in [3.8, 4) is 5.75 Å². The van der Waals surface area contributed by atoms with E-state index < -0.39 is 0 Å². The lowest BCUT2D eigenvalue weighted by molar-refractivity contribution is -0.138. The smallest absolute Gasteiger partial charge is 0.314 e. The van der Waals surface area contributed by atoms with Crippen LogP contribution < -0.4 is 4.74 Å². The normalized spacial score (nSPS) is 13.2. The highest BCUT2D eigenvalue weighted by atomic mass is 16.5. The van der Waals surface area contributed by atoms with E-state index >= 15 is 0 Å².